The Morgan fingerprint density at radius 1 is 0.356 bits per heavy atom. The van der Waals surface area contributed by atoms with E-state index in [1.54, 1.807) is 49.6 Å². The normalized spacial score (nSPS) is 23.4. The number of aliphatic imine (C=N–C) groups is 4. The number of hydrogen-bond donors (Lipinski definition) is 0. The molecule has 8 aliphatic rings. The van der Waals surface area contributed by atoms with Crippen LogP contribution in [0.4, 0.5) is 5.69 Å². The molecule has 16 aromatic rings. The van der Waals surface area contributed by atoms with Gasteiger partial charge < -0.3 is 17.7 Å². The summed E-state index contributed by atoms with van der Waals surface area (Å²) in [6, 6.07) is 73.6. The number of hydrogen-bond acceptors (Lipinski definition) is 14. The molecule has 0 amide bonds. The van der Waals surface area contributed by atoms with Crippen LogP contribution in [0.15, 0.2) is 311 Å². The molecule has 4 fully saturated rings. The lowest BCUT2D eigenvalue weighted by atomic mass is 9.60. The quantitative estimate of drug-likeness (QED) is 0.0604. The maximum Gasteiger partial charge on any atom is 0.278 e. The molecule has 4 atom stereocenters. The van der Waals surface area contributed by atoms with E-state index in [-0.39, 0.29) is 63.9 Å². The number of nitro benzene ring substituents is 1. The molecule has 8 aromatic carbocycles. The predicted octanol–water partition coefficient (Wildman–Crippen LogP) is 29.5. The van der Waals surface area contributed by atoms with Crippen molar-refractivity contribution in [3.05, 3.63) is 381 Å². The molecule has 0 spiro atoms. The van der Waals surface area contributed by atoms with Crippen LogP contribution in [0.25, 0.3) is 68.6 Å². The molecule has 682 valence electrons. The molecule has 0 unspecified atom stereocenters. The molecule has 4 aliphatic heterocycles. The van der Waals surface area contributed by atoms with Gasteiger partial charge in [-0.15, -0.1) is 0 Å². The SMILES string of the molecule is C.CC1CC(C)(c2ccc3c(c2)C(c2ccccc2Br)=N[C@@H](C)c2c(-c4ccco4)ncn2-3)C1.CC1CC(C)(c2ccc3c(c2)C(c2ccccc2Cl)=N[C@@H](C)c2c(-c4ccco4)ncn2-3)C1.CC1CC(C)(c2ccc3c(c2)C(c2ccccc2I)=N[C@@H](C)c2c(-c4ccco4)ncn2-3)C1.CC1CC(C)(c2ccc3c(c2)C(c2ccccc2[N+](=O)[O-])=N[C@@H](C)c2c(-c4ccco4)ncn2-3)C1. The van der Waals surface area contributed by atoms with Gasteiger partial charge in [-0.2, -0.15) is 0 Å². The minimum atomic E-state index is -0.331. The van der Waals surface area contributed by atoms with E-state index in [2.05, 4.69) is 259 Å². The highest BCUT2D eigenvalue weighted by Crippen LogP contribution is 2.54. The Morgan fingerprint density at radius 2 is 0.630 bits per heavy atom. The molecular weight excluding hydrogens is 1880 g/mol. The third kappa shape index (κ3) is 16.1. The molecule has 0 N–H and O–H groups in total. The first-order chi connectivity index (χ1) is 64.7. The third-order valence-electron chi connectivity index (χ3n) is 29.1. The van der Waals surface area contributed by atoms with Crippen molar-refractivity contribution < 1.29 is 22.6 Å². The van der Waals surface area contributed by atoms with Gasteiger partial charge in [0.15, 0.2) is 23.0 Å². The first-order valence-electron chi connectivity index (χ1n) is 46.5. The summed E-state index contributed by atoms with van der Waals surface area (Å²) in [5.41, 5.74) is 29.3. The minimum absolute atomic E-state index is 0. The average Bonchev–Trinajstić information content (AvgIpc) is 1.68. The summed E-state index contributed by atoms with van der Waals surface area (Å²) in [4.78, 5) is 51.5. The zero-order chi connectivity index (χ0) is 92.5. The number of furan rings is 4. The Bertz CT molecular complexity index is 6840. The van der Waals surface area contributed by atoms with E-state index in [0.29, 0.717) is 28.0 Å². The van der Waals surface area contributed by atoms with E-state index in [0.717, 1.165) is 166 Å². The monoisotopic (exact) mass is 1980 g/mol. The molecule has 24 rings (SSSR count). The number of halogens is 3. The van der Waals surface area contributed by atoms with Crippen molar-refractivity contribution in [3.8, 4) is 68.6 Å². The van der Waals surface area contributed by atoms with Crippen LogP contribution in [0.2, 0.25) is 5.02 Å². The van der Waals surface area contributed by atoms with Gasteiger partial charge in [0.1, 0.15) is 48.1 Å². The third-order valence-corrected chi connectivity index (χ3v) is 31.0. The summed E-state index contributed by atoms with van der Waals surface area (Å²) in [7, 11) is 0. The number of fused-ring (bicyclic) bond motifs is 12. The summed E-state index contributed by atoms with van der Waals surface area (Å²) in [5.74, 6) is 5.99. The second-order valence-corrected chi connectivity index (χ2v) is 41.8. The van der Waals surface area contributed by atoms with Crippen molar-refractivity contribution >= 4 is 78.7 Å². The van der Waals surface area contributed by atoms with Gasteiger partial charge in [-0.05, 0) is 291 Å². The molecule has 135 heavy (non-hydrogen) atoms. The van der Waals surface area contributed by atoms with Crippen molar-refractivity contribution in [2.24, 2.45) is 43.6 Å². The van der Waals surface area contributed by atoms with Gasteiger partial charge >= 0.3 is 0 Å². The fraction of sp³-hybridized carbons (Fsp3) is 0.292. The lowest BCUT2D eigenvalue weighted by Crippen LogP contribution is -2.37. The lowest BCUT2D eigenvalue weighted by molar-refractivity contribution is -0.385. The first-order valence-corrected chi connectivity index (χ1v) is 48.8. The molecule has 0 saturated heterocycles. The maximum absolute atomic E-state index is 12.0. The maximum atomic E-state index is 12.0. The first kappa shape index (κ1) is 90.1. The number of nitro groups is 1. The fourth-order valence-corrected chi connectivity index (χ4v) is 24.6. The Kier molecular flexibility index (Phi) is 23.7. The summed E-state index contributed by atoms with van der Waals surface area (Å²) in [6.07, 6.45) is 23.8. The molecular formula is C113H108BrClIN13O6. The van der Waals surface area contributed by atoms with Gasteiger partial charge in [0.2, 0.25) is 0 Å². The van der Waals surface area contributed by atoms with Gasteiger partial charge in [0.05, 0.1) is 128 Å². The van der Waals surface area contributed by atoms with Crippen LogP contribution in [0.5, 0.6) is 0 Å². The highest BCUT2D eigenvalue weighted by Gasteiger charge is 2.45. The van der Waals surface area contributed by atoms with E-state index in [9.17, 15) is 10.1 Å². The number of imidazole rings is 4. The second-order valence-electron chi connectivity index (χ2n) is 39.4. The van der Waals surface area contributed by atoms with E-state index in [1.807, 2.05) is 105 Å². The van der Waals surface area contributed by atoms with Crippen molar-refractivity contribution in [1.82, 2.24) is 38.2 Å². The van der Waals surface area contributed by atoms with E-state index < -0.39 is 0 Å². The number of benzene rings is 8. The summed E-state index contributed by atoms with van der Waals surface area (Å²) >= 11 is 12.9. The van der Waals surface area contributed by atoms with Crippen LogP contribution in [0.1, 0.15) is 256 Å². The largest absolute Gasteiger partial charge is 0.463 e. The van der Waals surface area contributed by atoms with Crippen LogP contribution in [0.3, 0.4) is 0 Å². The number of para-hydroxylation sites is 1. The number of aromatic nitrogens is 8. The van der Waals surface area contributed by atoms with Crippen molar-refractivity contribution in [3.63, 3.8) is 0 Å². The summed E-state index contributed by atoms with van der Waals surface area (Å²) < 4.78 is 33.7. The molecule has 0 bridgehead atoms. The highest BCUT2D eigenvalue weighted by atomic mass is 127. The molecule has 0 radical (unpaired) electrons. The van der Waals surface area contributed by atoms with Gasteiger partial charge in [-0.25, -0.2) is 19.9 Å². The molecule has 4 saturated carbocycles. The molecule has 19 nitrogen and oxygen atoms in total. The van der Waals surface area contributed by atoms with Crippen molar-refractivity contribution in [2.75, 3.05) is 0 Å². The minimum Gasteiger partial charge on any atom is -0.463 e. The van der Waals surface area contributed by atoms with E-state index in [1.165, 1.54) is 75.5 Å². The van der Waals surface area contributed by atoms with Crippen LogP contribution in [0, 0.1) is 37.4 Å². The zero-order valence-corrected chi connectivity index (χ0v) is 81.6. The standard InChI is InChI=1S/C28H26BrN3O.C28H26ClN3O.C28H26IN3O.C28H26N4O3.CH4/c3*1-17-14-28(3,15-17)19-10-11-23-21(13-19)25(20-7-4-5-8-22(20)29)31-18(2)27-26(30-16-32(23)27)24-9-6-12-33-24;1-17-14-28(3,15-17)19-10-11-22-21(13-19)25(20-7-4-5-8-23(20)32(33)34)30-18(2)27-26(29-16-31(22)27)24-9-6-12-35-24;/h3*4-13,16-18H,14-15H2,1-3H3;4-13,16-18H,14-15H2,1-3H3;1H4/t4*17?,18-,28?;/m0000./s1. The average molecular weight is 1990 g/mol. The lowest BCUT2D eigenvalue weighted by Gasteiger charge is -2.44. The number of rotatable bonds is 13. The van der Waals surface area contributed by atoms with E-state index >= 15 is 0 Å². The highest BCUT2D eigenvalue weighted by molar-refractivity contribution is 14.1. The Morgan fingerprint density at radius 3 is 0.926 bits per heavy atom. The molecule has 12 heterocycles. The Balaban J connectivity index is 0.000000111. The van der Waals surface area contributed by atoms with Crippen LogP contribution < -0.4 is 0 Å². The molecule has 4 aliphatic carbocycles. The molecule has 8 aromatic heterocycles. The van der Waals surface area contributed by atoms with Crippen LogP contribution >= 0.6 is 50.1 Å². The fourth-order valence-electron chi connectivity index (χ4n) is 23.3. The van der Waals surface area contributed by atoms with E-state index in [4.69, 9.17) is 64.2 Å². The van der Waals surface area contributed by atoms with Gasteiger partial charge in [-0.3, -0.25) is 48.4 Å². The van der Waals surface area contributed by atoms with Crippen molar-refractivity contribution in [1.29, 1.82) is 0 Å². The molecule has 22 heteroatoms. The van der Waals surface area contributed by atoms with Gasteiger partial charge in [-0.1, -0.05) is 181 Å². The summed E-state index contributed by atoms with van der Waals surface area (Å²) in [5, 5.41) is 12.7. The topological polar surface area (TPSA) is 216 Å². The summed E-state index contributed by atoms with van der Waals surface area (Å²) in [6.45, 7) is 27.2. The Hall–Kier alpha value is -12.7. The van der Waals surface area contributed by atoms with Crippen LogP contribution in [-0.4, -0.2) is 66.0 Å². The smallest absolute Gasteiger partial charge is 0.278 e. The predicted molar refractivity (Wildman–Crippen MR) is 549 cm³/mol. The van der Waals surface area contributed by atoms with Gasteiger partial charge in [0, 0.05) is 58.1 Å². The van der Waals surface area contributed by atoms with Gasteiger partial charge in [0.25, 0.3) is 5.69 Å². The zero-order valence-electron chi connectivity index (χ0n) is 77.1. The van der Waals surface area contributed by atoms with Crippen molar-refractivity contribution in [2.45, 2.75) is 188 Å². The van der Waals surface area contributed by atoms with Crippen LogP contribution in [-0.2, 0) is 21.7 Å². The second kappa shape index (κ2) is 35.5. The Labute approximate surface area is 814 Å². The number of nitrogens with zero attached hydrogens (tertiary/aromatic N) is 13.